The summed E-state index contributed by atoms with van der Waals surface area (Å²) in [7, 11) is 0. The summed E-state index contributed by atoms with van der Waals surface area (Å²) in [6.45, 7) is 2.65. The van der Waals surface area contributed by atoms with Crippen LogP contribution in [-0.4, -0.2) is 21.5 Å². The molecule has 0 bridgehead atoms. The second-order valence-electron chi connectivity index (χ2n) is 3.75. The molecule has 88 valence electrons. The Bertz CT molecular complexity index is 493. The molecule has 1 heterocycles. The van der Waals surface area contributed by atoms with Crippen molar-refractivity contribution in [3.63, 3.8) is 0 Å². The van der Waals surface area contributed by atoms with E-state index in [-0.39, 0.29) is 0 Å². The zero-order chi connectivity index (χ0) is 12.1. The number of nitrogens with zero attached hydrogens (tertiary/aromatic N) is 3. The molecule has 0 unspecified atom stereocenters. The lowest BCUT2D eigenvalue weighted by atomic mass is 10.2. The Morgan fingerprint density at radius 1 is 1.35 bits per heavy atom. The minimum absolute atomic E-state index is 0.564. The molecule has 2 rings (SSSR count). The largest absolute Gasteiger partial charge is 0.327 e. The summed E-state index contributed by atoms with van der Waals surface area (Å²) in [6, 6.07) is 9.84. The zero-order valence-electron chi connectivity index (χ0n) is 9.87. The van der Waals surface area contributed by atoms with Crippen LogP contribution in [0.1, 0.15) is 19.0 Å². The topological polar surface area (TPSA) is 56.7 Å². The summed E-state index contributed by atoms with van der Waals surface area (Å²) >= 11 is 0. The van der Waals surface area contributed by atoms with Gasteiger partial charge in [0.2, 0.25) is 0 Å². The number of hydrogen-bond donors (Lipinski definition) is 1. The van der Waals surface area contributed by atoms with Crippen LogP contribution in [0.25, 0.3) is 11.8 Å². The molecule has 0 aliphatic heterocycles. The van der Waals surface area contributed by atoms with Crippen molar-refractivity contribution >= 4 is 6.08 Å². The van der Waals surface area contributed by atoms with Crippen LogP contribution < -0.4 is 5.73 Å². The van der Waals surface area contributed by atoms with Crippen molar-refractivity contribution in [2.45, 2.75) is 13.3 Å². The van der Waals surface area contributed by atoms with E-state index >= 15 is 0 Å². The summed E-state index contributed by atoms with van der Waals surface area (Å²) in [5, 5.41) is 8.62. The van der Waals surface area contributed by atoms with E-state index in [2.05, 4.69) is 17.1 Å². The van der Waals surface area contributed by atoms with E-state index in [1.807, 2.05) is 36.4 Å². The highest BCUT2D eigenvalue weighted by atomic mass is 15.5. The lowest BCUT2D eigenvalue weighted by Gasteiger charge is -1.98. The molecule has 1 aromatic heterocycles. The normalized spacial score (nSPS) is 11.8. The number of para-hydroxylation sites is 1. The highest BCUT2D eigenvalue weighted by Gasteiger charge is 2.00. The van der Waals surface area contributed by atoms with Gasteiger partial charge in [-0.15, -0.1) is 5.10 Å². The van der Waals surface area contributed by atoms with Gasteiger partial charge in [0.25, 0.3) is 0 Å². The molecule has 2 N–H and O–H groups in total. The third kappa shape index (κ3) is 2.79. The molecule has 0 amide bonds. The summed E-state index contributed by atoms with van der Waals surface area (Å²) in [4.78, 5) is 1.62. The van der Waals surface area contributed by atoms with Crippen molar-refractivity contribution < 1.29 is 0 Å². The molecule has 0 aliphatic carbocycles. The van der Waals surface area contributed by atoms with E-state index in [1.165, 1.54) is 5.57 Å². The van der Waals surface area contributed by atoms with Gasteiger partial charge in [0, 0.05) is 6.54 Å². The molecule has 0 atom stereocenters. The van der Waals surface area contributed by atoms with Crippen LogP contribution in [-0.2, 0) is 0 Å². The minimum Gasteiger partial charge on any atom is -0.327 e. The second kappa shape index (κ2) is 5.41. The predicted molar refractivity (Wildman–Crippen MR) is 68.7 cm³/mol. The van der Waals surface area contributed by atoms with E-state index in [9.17, 15) is 0 Å². The first-order valence-corrected chi connectivity index (χ1v) is 5.70. The summed E-state index contributed by atoms with van der Waals surface area (Å²) < 4.78 is 0. The fourth-order valence-electron chi connectivity index (χ4n) is 1.54. The first-order valence-electron chi connectivity index (χ1n) is 5.70. The van der Waals surface area contributed by atoms with Gasteiger partial charge in [-0.2, -0.15) is 9.90 Å². The van der Waals surface area contributed by atoms with Crippen LogP contribution >= 0.6 is 0 Å². The molecule has 0 fully saturated rings. The van der Waals surface area contributed by atoms with Crippen LogP contribution in [0.2, 0.25) is 0 Å². The van der Waals surface area contributed by atoms with Gasteiger partial charge in [0.1, 0.15) is 5.69 Å². The van der Waals surface area contributed by atoms with Crippen molar-refractivity contribution in [2.24, 2.45) is 5.73 Å². The molecule has 1 aromatic carbocycles. The zero-order valence-corrected chi connectivity index (χ0v) is 9.87. The molecule has 0 aliphatic rings. The van der Waals surface area contributed by atoms with E-state index in [1.54, 1.807) is 11.0 Å². The minimum atomic E-state index is 0.564. The van der Waals surface area contributed by atoms with E-state index < -0.39 is 0 Å². The first-order chi connectivity index (χ1) is 8.33. The van der Waals surface area contributed by atoms with Crippen LogP contribution in [0.15, 0.2) is 42.1 Å². The number of hydrogen-bond acceptors (Lipinski definition) is 3. The monoisotopic (exact) mass is 228 g/mol. The lowest BCUT2D eigenvalue weighted by Crippen LogP contribution is -2.02. The van der Waals surface area contributed by atoms with Crippen molar-refractivity contribution in [3.05, 3.63) is 47.8 Å². The second-order valence-corrected chi connectivity index (χ2v) is 3.75. The third-order valence-electron chi connectivity index (χ3n) is 2.57. The third-order valence-corrected chi connectivity index (χ3v) is 2.57. The van der Waals surface area contributed by atoms with Gasteiger partial charge in [-0.05, 0) is 24.6 Å². The fraction of sp³-hybridized carbons (Fsp3) is 0.231. The molecular weight excluding hydrogens is 212 g/mol. The molecule has 4 heteroatoms. The maximum absolute atomic E-state index is 5.63. The van der Waals surface area contributed by atoms with Crippen LogP contribution in [0, 0.1) is 0 Å². The molecule has 17 heavy (non-hydrogen) atoms. The summed E-state index contributed by atoms with van der Waals surface area (Å²) in [5.41, 5.74) is 8.60. The van der Waals surface area contributed by atoms with Gasteiger partial charge >= 0.3 is 0 Å². The SMILES string of the molecule is CCC(=Cc1cnn(-c2ccccc2)n1)CN. The van der Waals surface area contributed by atoms with Gasteiger partial charge in [-0.25, -0.2) is 0 Å². The molecule has 0 saturated carbocycles. The Kier molecular flexibility index (Phi) is 3.67. The van der Waals surface area contributed by atoms with E-state index in [0.29, 0.717) is 6.54 Å². The number of benzene rings is 1. The Morgan fingerprint density at radius 2 is 2.12 bits per heavy atom. The Labute approximate surface area is 101 Å². The maximum Gasteiger partial charge on any atom is 0.106 e. The molecular formula is C13H16N4. The van der Waals surface area contributed by atoms with E-state index in [4.69, 9.17) is 5.73 Å². The smallest absolute Gasteiger partial charge is 0.106 e. The average molecular weight is 228 g/mol. The average Bonchev–Trinajstić information content (AvgIpc) is 2.85. The highest BCUT2D eigenvalue weighted by Crippen LogP contribution is 2.08. The summed E-state index contributed by atoms with van der Waals surface area (Å²) in [6.07, 6.45) is 4.68. The lowest BCUT2D eigenvalue weighted by molar-refractivity contribution is 0.750. The molecule has 0 saturated heterocycles. The van der Waals surface area contributed by atoms with E-state index in [0.717, 1.165) is 17.8 Å². The number of rotatable bonds is 4. The summed E-state index contributed by atoms with van der Waals surface area (Å²) in [5.74, 6) is 0. The Morgan fingerprint density at radius 3 is 2.76 bits per heavy atom. The van der Waals surface area contributed by atoms with Crippen molar-refractivity contribution in [3.8, 4) is 5.69 Å². The highest BCUT2D eigenvalue weighted by molar-refractivity contribution is 5.48. The molecule has 0 radical (unpaired) electrons. The molecule has 4 nitrogen and oxygen atoms in total. The van der Waals surface area contributed by atoms with Gasteiger partial charge in [0.05, 0.1) is 11.9 Å². The molecule has 0 spiro atoms. The van der Waals surface area contributed by atoms with Crippen LogP contribution in [0.3, 0.4) is 0 Å². The maximum atomic E-state index is 5.63. The van der Waals surface area contributed by atoms with Gasteiger partial charge in [-0.1, -0.05) is 30.7 Å². The standard InChI is InChI=1S/C13H16N4/c1-2-11(9-14)8-12-10-15-17(16-12)13-6-4-3-5-7-13/h3-8,10H,2,9,14H2,1H3. The number of aromatic nitrogens is 3. The van der Waals surface area contributed by atoms with Crippen molar-refractivity contribution in [1.29, 1.82) is 0 Å². The Balaban J connectivity index is 2.25. The van der Waals surface area contributed by atoms with Gasteiger partial charge in [-0.3, -0.25) is 0 Å². The quantitative estimate of drug-likeness (QED) is 0.871. The first kappa shape index (κ1) is 11.5. The van der Waals surface area contributed by atoms with Gasteiger partial charge < -0.3 is 5.73 Å². The van der Waals surface area contributed by atoms with Crippen molar-refractivity contribution in [2.75, 3.05) is 6.54 Å². The van der Waals surface area contributed by atoms with Crippen molar-refractivity contribution in [1.82, 2.24) is 15.0 Å². The molecule has 2 aromatic rings. The predicted octanol–water partition coefficient (Wildman–Crippen LogP) is 2.02. The number of nitrogens with two attached hydrogens (primary N) is 1. The van der Waals surface area contributed by atoms with Crippen LogP contribution in [0.5, 0.6) is 0 Å². The fourth-order valence-corrected chi connectivity index (χ4v) is 1.54. The Hall–Kier alpha value is -1.94. The van der Waals surface area contributed by atoms with Gasteiger partial charge in [0.15, 0.2) is 0 Å². The van der Waals surface area contributed by atoms with Crippen LogP contribution in [0.4, 0.5) is 0 Å².